The maximum Gasteiger partial charge on any atom is 0.134 e. The molecule has 0 bridgehead atoms. The molecule has 0 aliphatic carbocycles. The zero-order valence-electron chi connectivity index (χ0n) is 8.65. The minimum absolute atomic E-state index is 0.0270. The third-order valence-corrected chi connectivity index (χ3v) is 4.23. The molecule has 6 heteroatoms. The van der Waals surface area contributed by atoms with Gasteiger partial charge in [0.1, 0.15) is 5.75 Å². The molecule has 0 spiro atoms. The molecule has 0 radical (unpaired) electrons. The van der Waals surface area contributed by atoms with Gasteiger partial charge in [0, 0.05) is 5.56 Å². The molecule has 0 atom stereocenters. The smallest absolute Gasteiger partial charge is 0.134 e. The monoisotopic (exact) mass is 340 g/mol. The molecule has 0 aliphatic rings. The van der Waals surface area contributed by atoms with Crippen LogP contribution in [0, 0.1) is 0 Å². The summed E-state index contributed by atoms with van der Waals surface area (Å²) < 4.78 is 0. The van der Waals surface area contributed by atoms with Crippen molar-refractivity contribution < 1.29 is 5.11 Å². The van der Waals surface area contributed by atoms with Gasteiger partial charge in [-0.3, -0.25) is 0 Å². The Morgan fingerprint density at radius 1 is 0.722 bits per heavy atom. The highest BCUT2D eigenvalue weighted by molar-refractivity contribution is 6.50. The van der Waals surface area contributed by atoms with Gasteiger partial charge in [0.15, 0.2) is 0 Å². The van der Waals surface area contributed by atoms with Crippen LogP contribution in [0.5, 0.6) is 5.75 Å². The molecule has 0 aliphatic heterocycles. The van der Waals surface area contributed by atoms with Gasteiger partial charge >= 0.3 is 0 Å². The van der Waals surface area contributed by atoms with Gasteiger partial charge in [-0.25, -0.2) is 0 Å². The van der Waals surface area contributed by atoms with Crippen LogP contribution in [0.1, 0.15) is 0 Å². The lowest BCUT2D eigenvalue weighted by Gasteiger charge is -2.11. The summed E-state index contributed by atoms with van der Waals surface area (Å²) >= 11 is 30.0. The molecule has 94 valence electrons. The first-order valence-corrected chi connectivity index (χ1v) is 6.62. The molecule has 1 nitrogen and oxygen atoms in total. The highest BCUT2D eigenvalue weighted by Gasteiger charge is 2.16. The molecule has 0 amide bonds. The minimum atomic E-state index is -0.0270. The second-order valence-corrected chi connectivity index (χ2v) is 5.49. The molecule has 0 fully saturated rings. The maximum absolute atomic E-state index is 9.39. The van der Waals surface area contributed by atoms with Crippen molar-refractivity contribution in [2.75, 3.05) is 0 Å². The average molecular weight is 342 g/mol. The van der Waals surface area contributed by atoms with E-state index in [1.54, 1.807) is 6.07 Å². The lowest BCUT2D eigenvalue weighted by Crippen LogP contribution is -1.85. The van der Waals surface area contributed by atoms with Gasteiger partial charge in [0.05, 0.1) is 25.1 Å². The minimum Gasteiger partial charge on any atom is -0.506 e. The first-order valence-electron chi connectivity index (χ1n) is 4.73. The SMILES string of the molecule is Oc1ccc(-c2c(Cl)c(Cl)cc(Cl)c2Cl)cc1Cl. The Morgan fingerprint density at radius 3 is 1.78 bits per heavy atom. The normalized spacial score (nSPS) is 10.7. The van der Waals surface area contributed by atoms with E-state index in [1.165, 1.54) is 18.2 Å². The summed E-state index contributed by atoms with van der Waals surface area (Å²) in [7, 11) is 0. The van der Waals surface area contributed by atoms with Crippen molar-refractivity contribution in [1.29, 1.82) is 0 Å². The fraction of sp³-hybridized carbons (Fsp3) is 0. The topological polar surface area (TPSA) is 20.2 Å². The summed E-state index contributed by atoms with van der Waals surface area (Å²) in [5.74, 6) is -0.0270. The number of hydrogen-bond acceptors (Lipinski definition) is 1. The molecular formula is C12H5Cl5O. The van der Waals surface area contributed by atoms with E-state index in [-0.39, 0.29) is 20.8 Å². The molecule has 0 unspecified atom stereocenters. The zero-order valence-corrected chi connectivity index (χ0v) is 12.4. The van der Waals surface area contributed by atoms with Crippen molar-refractivity contribution in [2.45, 2.75) is 0 Å². The molecule has 2 aromatic carbocycles. The van der Waals surface area contributed by atoms with Crippen LogP contribution in [0.2, 0.25) is 25.1 Å². The van der Waals surface area contributed by atoms with Gasteiger partial charge in [-0.2, -0.15) is 0 Å². The van der Waals surface area contributed by atoms with Crippen LogP contribution in [0.3, 0.4) is 0 Å². The van der Waals surface area contributed by atoms with Crippen molar-refractivity contribution in [3.63, 3.8) is 0 Å². The number of aromatic hydroxyl groups is 1. The van der Waals surface area contributed by atoms with Crippen molar-refractivity contribution in [3.05, 3.63) is 49.4 Å². The fourth-order valence-corrected chi connectivity index (χ4v) is 2.70. The van der Waals surface area contributed by atoms with Crippen LogP contribution in [-0.4, -0.2) is 5.11 Å². The summed E-state index contributed by atoms with van der Waals surface area (Å²) in [6.45, 7) is 0. The van der Waals surface area contributed by atoms with E-state index in [0.717, 1.165) is 0 Å². The quantitative estimate of drug-likeness (QED) is 0.601. The number of halogens is 5. The van der Waals surface area contributed by atoms with Crippen LogP contribution in [-0.2, 0) is 0 Å². The van der Waals surface area contributed by atoms with Gasteiger partial charge < -0.3 is 5.11 Å². The van der Waals surface area contributed by atoms with E-state index in [0.29, 0.717) is 21.2 Å². The lowest BCUT2D eigenvalue weighted by atomic mass is 10.1. The van der Waals surface area contributed by atoms with E-state index in [4.69, 9.17) is 58.0 Å². The predicted octanol–water partition coefficient (Wildman–Crippen LogP) is 6.33. The first-order chi connectivity index (χ1) is 8.41. The number of rotatable bonds is 1. The van der Waals surface area contributed by atoms with Crippen LogP contribution in [0.25, 0.3) is 11.1 Å². The Bertz CT molecular complexity index is 598. The molecule has 18 heavy (non-hydrogen) atoms. The highest BCUT2D eigenvalue weighted by Crippen LogP contribution is 2.44. The van der Waals surface area contributed by atoms with Gasteiger partial charge in [0.2, 0.25) is 0 Å². The molecule has 2 aromatic rings. The molecule has 0 heterocycles. The molecule has 0 saturated heterocycles. The average Bonchev–Trinajstić information content (AvgIpc) is 2.31. The van der Waals surface area contributed by atoms with Crippen molar-refractivity contribution in [3.8, 4) is 16.9 Å². The summed E-state index contributed by atoms with van der Waals surface area (Å²) in [5, 5.41) is 10.7. The van der Waals surface area contributed by atoms with E-state index in [1.807, 2.05) is 0 Å². The Morgan fingerprint density at radius 2 is 1.28 bits per heavy atom. The third kappa shape index (κ3) is 2.52. The Kier molecular flexibility index (Phi) is 4.20. The number of phenols is 1. The Hall–Kier alpha value is -0.310. The molecule has 0 aromatic heterocycles. The summed E-state index contributed by atoms with van der Waals surface area (Å²) in [6, 6.07) is 6.08. The lowest BCUT2D eigenvalue weighted by molar-refractivity contribution is 0.475. The second kappa shape index (κ2) is 5.36. The molecule has 0 saturated carbocycles. The second-order valence-electron chi connectivity index (χ2n) is 3.51. The summed E-state index contributed by atoms with van der Waals surface area (Å²) in [5.41, 5.74) is 1.11. The number of benzene rings is 2. The number of hydrogen-bond donors (Lipinski definition) is 1. The maximum atomic E-state index is 9.39. The first kappa shape index (κ1) is 14.1. The van der Waals surface area contributed by atoms with Gasteiger partial charge in [-0.15, -0.1) is 0 Å². The van der Waals surface area contributed by atoms with Gasteiger partial charge in [-0.1, -0.05) is 64.1 Å². The fourth-order valence-electron chi connectivity index (χ4n) is 1.49. The van der Waals surface area contributed by atoms with E-state index in [9.17, 15) is 5.11 Å². The molecule has 1 N–H and O–H groups in total. The zero-order chi connectivity index (χ0) is 13.4. The van der Waals surface area contributed by atoms with Crippen molar-refractivity contribution >= 4 is 58.0 Å². The van der Waals surface area contributed by atoms with Crippen LogP contribution in [0.4, 0.5) is 0 Å². The van der Waals surface area contributed by atoms with E-state index >= 15 is 0 Å². The Balaban J connectivity index is 2.74. The summed E-state index contributed by atoms with van der Waals surface area (Å²) in [4.78, 5) is 0. The van der Waals surface area contributed by atoms with Crippen molar-refractivity contribution in [2.24, 2.45) is 0 Å². The highest BCUT2D eigenvalue weighted by atomic mass is 35.5. The van der Waals surface area contributed by atoms with Crippen molar-refractivity contribution in [1.82, 2.24) is 0 Å². The number of phenolic OH excluding ortho intramolecular Hbond substituents is 1. The van der Waals surface area contributed by atoms with Gasteiger partial charge in [0.25, 0.3) is 0 Å². The van der Waals surface area contributed by atoms with E-state index < -0.39 is 0 Å². The standard InChI is InChI=1S/C12H5Cl5O/c13-6-3-5(1-2-9(6)18)10-11(16)7(14)4-8(15)12(10)17/h1-4,18H. The molecule has 2 rings (SSSR count). The van der Waals surface area contributed by atoms with E-state index in [2.05, 4.69) is 0 Å². The third-order valence-electron chi connectivity index (χ3n) is 2.35. The van der Waals surface area contributed by atoms with Crippen LogP contribution >= 0.6 is 58.0 Å². The predicted molar refractivity (Wildman–Crippen MR) is 78.6 cm³/mol. The van der Waals surface area contributed by atoms with Crippen LogP contribution in [0.15, 0.2) is 24.3 Å². The summed E-state index contributed by atoms with van der Waals surface area (Å²) in [6.07, 6.45) is 0. The van der Waals surface area contributed by atoms with Crippen LogP contribution < -0.4 is 0 Å². The largest absolute Gasteiger partial charge is 0.506 e. The Labute approximate surface area is 129 Å². The van der Waals surface area contributed by atoms with Gasteiger partial charge in [-0.05, 0) is 23.8 Å². The molecular weight excluding hydrogens is 337 g/mol.